The average Bonchev–Trinajstić information content (AvgIpc) is 2.65. The van der Waals surface area contributed by atoms with Gasteiger partial charge in [0.2, 0.25) is 0 Å². The third-order valence-corrected chi connectivity index (χ3v) is 4.50. The zero-order chi connectivity index (χ0) is 15.9. The molecule has 3 heteroatoms. The van der Waals surface area contributed by atoms with Crippen LogP contribution < -0.4 is 5.32 Å². The molecule has 1 aliphatic rings. The Labute approximate surface area is 139 Å². The molecule has 1 N–H and O–H groups in total. The molecule has 1 fully saturated rings. The summed E-state index contributed by atoms with van der Waals surface area (Å²) < 4.78 is 5.50. The molecule has 2 aromatic carbocycles. The highest BCUT2D eigenvalue weighted by Gasteiger charge is 2.23. The summed E-state index contributed by atoms with van der Waals surface area (Å²) in [5.74, 6) is 0. The first kappa shape index (κ1) is 16.2. The molecule has 2 aromatic rings. The zero-order valence-corrected chi connectivity index (χ0v) is 13.8. The van der Waals surface area contributed by atoms with Gasteiger partial charge in [0.15, 0.2) is 0 Å². The van der Waals surface area contributed by atoms with Gasteiger partial charge in [-0.25, -0.2) is 0 Å². The molecule has 3 rings (SSSR count). The minimum Gasteiger partial charge on any atom is -0.379 e. The second-order valence-corrected chi connectivity index (χ2v) is 5.99. The van der Waals surface area contributed by atoms with E-state index in [1.807, 2.05) is 0 Å². The Morgan fingerprint density at radius 1 is 0.913 bits per heavy atom. The van der Waals surface area contributed by atoms with Crippen LogP contribution >= 0.6 is 0 Å². The van der Waals surface area contributed by atoms with Gasteiger partial charge in [0, 0.05) is 13.1 Å². The standard InChI is InChI=1S/C20H26N2O/c1-2-19(22-13-15-23-16-14-22)21-20(17-9-5-3-6-10-17)18-11-7-4-8-12-18/h3-12,19-21H,2,13-16H2,1H3. The molecule has 0 amide bonds. The fourth-order valence-corrected chi connectivity index (χ4v) is 3.24. The van der Waals surface area contributed by atoms with E-state index in [4.69, 9.17) is 4.74 Å². The van der Waals surface area contributed by atoms with Gasteiger partial charge in [-0.2, -0.15) is 0 Å². The first-order valence-corrected chi connectivity index (χ1v) is 8.56. The molecule has 0 bridgehead atoms. The predicted molar refractivity (Wildman–Crippen MR) is 94.3 cm³/mol. The highest BCUT2D eigenvalue weighted by molar-refractivity contribution is 5.31. The monoisotopic (exact) mass is 310 g/mol. The van der Waals surface area contributed by atoms with E-state index >= 15 is 0 Å². The summed E-state index contributed by atoms with van der Waals surface area (Å²) in [5, 5.41) is 3.88. The van der Waals surface area contributed by atoms with Crippen molar-refractivity contribution >= 4 is 0 Å². The van der Waals surface area contributed by atoms with Gasteiger partial charge < -0.3 is 4.74 Å². The fraction of sp³-hybridized carbons (Fsp3) is 0.400. The van der Waals surface area contributed by atoms with Crippen LogP contribution in [0.3, 0.4) is 0 Å². The quantitative estimate of drug-likeness (QED) is 0.884. The molecule has 0 radical (unpaired) electrons. The van der Waals surface area contributed by atoms with Gasteiger partial charge in [-0.15, -0.1) is 0 Å². The van der Waals surface area contributed by atoms with Gasteiger partial charge in [-0.05, 0) is 17.5 Å². The molecule has 0 aliphatic carbocycles. The Kier molecular flexibility index (Phi) is 5.81. The van der Waals surface area contributed by atoms with Gasteiger partial charge in [0.1, 0.15) is 0 Å². The highest BCUT2D eigenvalue weighted by Crippen LogP contribution is 2.23. The Morgan fingerprint density at radius 3 is 1.91 bits per heavy atom. The van der Waals surface area contributed by atoms with Crippen molar-refractivity contribution in [1.82, 2.24) is 10.2 Å². The highest BCUT2D eigenvalue weighted by atomic mass is 16.5. The van der Waals surface area contributed by atoms with Crippen molar-refractivity contribution in [2.24, 2.45) is 0 Å². The van der Waals surface area contributed by atoms with Crippen molar-refractivity contribution in [2.45, 2.75) is 25.6 Å². The number of ether oxygens (including phenoxy) is 1. The average molecular weight is 310 g/mol. The minimum absolute atomic E-state index is 0.213. The van der Waals surface area contributed by atoms with Crippen molar-refractivity contribution in [1.29, 1.82) is 0 Å². The molecule has 122 valence electrons. The van der Waals surface area contributed by atoms with Gasteiger partial charge in [0.05, 0.1) is 25.4 Å². The lowest BCUT2D eigenvalue weighted by Crippen LogP contribution is -2.51. The third-order valence-electron chi connectivity index (χ3n) is 4.50. The van der Waals surface area contributed by atoms with Crippen molar-refractivity contribution in [2.75, 3.05) is 26.3 Å². The number of hydrogen-bond donors (Lipinski definition) is 1. The molecule has 1 saturated heterocycles. The maximum absolute atomic E-state index is 5.50. The summed E-state index contributed by atoms with van der Waals surface area (Å²) in [5.41, 5.74) is 2.62. The molecule has 0 aromatic heterocycles. The summed E-state index contributed by atoms with van der Waals surface area (Å²) in [6.45, 7) is 5.92. The Bertz CT molecular complexity index is 527. The van der Waals surface area contributed by atoms with E-state index in [-0.39, 0.29) is 6.04 Å². The van der Waals surface area contributed by atoms with Crippen molar-refractivity contribution in [3.63, 3.8) is 0 Å². The van der Waals surface area contributed by atoms with Crippen LogP contribution in [-0.2, 0) is 4.74 Å². The zero-order valence-electron chi connectivity index (χ0n) is 13.8. The summed E-state index contributed by atoms with van der Waals surface area (Å²) in [7, 11) is 0. The predicted octanol–water partition coefficient (Wildman–Crippen LogP) is 3.43. The van der Waals surface area contributed by atoms with Crippen LogP contribution in [0.25, 0.3) is 0 Å². The van der Waals surface area contributed by atoms with Crippen molar-refractivity contribution in [3.05, 3.63) is 71.8 Å². The molecule has 23 heavy (non-hydrogen) atoms. The third kappa shape index (κ3) is 4.20. The van der Waals surface area contributed by atoms with E-state index in [1.165, 1.54) is 11.1 Å². The minimum atomic E-state index is 0.213. The number of benzene rings is 2. The van der Waals surface area contributed by atoms with Gasteiger partial charge in [-0.1, -0.05) is 67.6 Å². The topological polar surface area (TPSA) is 24.5 Å². The number of nitrogens with zero attached hydrogens (tertiary/aromatic N) is 1. The number of nitrogens with one attached hydrogen (secondary N) is 1. The first-order valence-electron chi connectivity index (χ1n) is 8.56. The van der Waals surface area contributed by atoms with Gasteiger partial charge in [0.25, 0.3) is 0 Å². The lowest BCUT2D eigenvalue weighted by Gasteiger charge is -2.37. The molecule has 1 aliphatic heterocycles. The number of morpholine rings is 1. The van der Waals surface area contributed by atoms with Crippen LogP contribution in [0, 0.1) is 0 Å². The lowest BCUT2D eigenvalue weighted by atomic mass is 9.98. The molecule has 1 unspecified atom stereocenters. The Morgan fingerprint density at radius 2 is 1.43 bits per heavy atom. The van der Waals surface area contributed by atoms with Crippen molar-refractivity contribution < 1.29 is 4.74 Å². The Hall–Kier alpha value is -1.68. The molecule has 3 nitrogen and oxygen atoms in total. The van der Waals surface area contributed by atoms with Gasteiger partial charge in [-0.3, -0.25) is 10.2 Å². The van der Waals surface area contributed by atoms with E-state index in [1.54, 1.807) is 0 Å². The molecule has 0 saturated carbocycles. The summed E-state index contributed by atoms with van der Waals surface area (Å²) in [4.78, 5) is 2.50. The molecular weight excluding hydrogens is 284 g/mol. The maximum atomic E-state index is 5.50. The molecule has 1 atom stereocenters. The van der Waals surface area contributed by atoms with E-state index < -0.39 is 0 Å². The van der Waals surface area contributed by atoms with E-state index in [0.717, 1.165) is 32.7 Å². The lowest BCUT2D eigenvalue weighted by molar-refractivity contribution is 0.00600. The second kappa shape index (κ2) is 8.25. The van der Waals surface area contributed by atoms with Crippen molar-refractivity contribution in [3.8, 4) is 0 Å². The second-order valence-electron chi connectivity index (χ2n) is 5.99. The normalized spacial score (nSPS) is 17.3. The van der Waals surface area contributed by atoms with E-state index in [0.29, 0.717) is 6.17 Å². The van der Waals surface area contributed by atoms with Crippen LogP contribution in [0.1, 0.15) is 30.5 Å². The van der Waals surface area contributed by atoms with Crippen LogP contribution in [-0.4, -0.2) is 37.4 Å². The van der Waals surface area contributed by atoms with Gasteiger partial charge >= 0.3 is 0 Å². The van der Waals surface area contributed by atoms with Crippen LogP contribution in [0.4, 0.5) is 0 Å². The molecule has 0 spiro atoms. The largest absolute Gasteiger partial charge is 0.379 e. The maximum Gasteiger partial charge on any atom is 0.0603 e. The molecule has 1 heterocycles. The van der Waals surface area contributed by atoms with E-state index in [9.17, 15) is 0 Å². The summed E-state index contributed by atoms with van der Waals surface area (Å²) in [6, 6.07) is 21.6. The number of rotatable bonds is 6. The number of hydrogen-bond acceptors (Lipinski definition) is 3. The molecular formula is C20H26N2O. The fourth-order valence-electron chi connectivity index (χ4n) is 3.24. The SMILES string of the molecule is CCC(NC(c1ccccc1)c1ccccc1)N1CCOCC1. The first-order chi connectivity index (χ1) is 11.4. The van der Waals surface area contributed by atoms with Crippen LogP contribution in [0.5, 0.6) is 0 Å². The van der Waals surface area contributed by atoms with Crippen LogP contribution in [0.2, 0.25) is 0 Å². The summed E-state index contributed by atoms with van der Waals surface area (Å²) >= 11 is 0. The van der Waals surface area contributed by atoms with E-state index in [2.05, 4.69) is 77.8 Å². The smallest absolute Gasteiger partial charge is 0.0603 e. The van der Waals surface area contributed by atoms with Crippen LogP contribution in [0.15, 0.2) is 60.7 Å². The summed E-state index contributed by atoms with van der Waals surface area (Å²) in [6.07, 6.45) is 1.44. The Balaban J connectivity index is 1.83.